The predicted octanol–water partition coefficient (Wildman–Crippen LogP) is 3.13. The van der Waals surface area contributed by atoms with Gasteiger partial charge in [-0.3, -0.25) is 9.79 Å². The van der Waals surface area contributed by atoms with Crippen LogP contribution in [-0.4, -0.2) is 36.9 Å². The van der Waals surface area contributed by atoms with Gasteiger partial charge in [-0.15, -0.1) is 24.0 Å². The normalized spacial score (nSPS) is 18.0. The van der Waals surface area contributed by atoms with Crippen molar-refractivity contribution in [2.75, 3.05) is 20.1 Å². The van der Waals surface area contributed by atoms with Gasteiger partial charge < -0.3 is 16.0 Å². The molecule has 1 saturated heterocycles. The van der Waals surface area contributed by atoms with Crippen LogP contribution >= 0.6 is 24.0 Å². The average molecular weight is 502 g/mol. The van der Waals surface area contributed by atoms with E-state index in [1.54, 1.807) is 0 Å². The van der Waals surface area contributed by atoms with E-state index in [1.165, 1.54) is 7.05 Å². The highest BCUT2D eigenvalue weighted by Gasteiger charge is 2.34. The van der Waals surface area contributed by atoms with Crippen molar-refractivity contribution in [1.29, 1.82) is 0 Å². The number of amides is 1. The van der Waals surface area contributed by atoms with Crippen LogP contribution in [0.25, 0.3) is 0 Å². The van der Waals surface area contributed by atoms with E-state index in [0.29, 0.717) is 25.1 Å². The Bertz CT molecular complexity index is 681. The SMILES string of the molecule is CN=C(NCc1ccc(F)cc1C(F)(F)F)N1CCCC(CC(N)=O)C1.I. The maximum atomic E-state index is 13.2. The number of carbonyl (C=O) groups excluding carboxylic acids is 1. The average Bonchev–Trinajstić information content (AvgIpc) is 2.55. The molecule has 1 aromatic carbocycles. The van der Waals surface area contributed by atoms with E-state index in [1.807, 2.05) is 4.90 Å². The quantitative estimate of drug-likeness (QED) is 0.288. The van der Waals surface area contributed by atoms with E-state index in [9.17, 15) is 22.4 Å². The van der Waals surface area contributed by atoms with Crippen molar-refractivity contribution in [3.63, 3.8) is 0 Å². The number of primary amides is 1. The summed E-state index contributed by atoms with van der Waals surface area (Å²) in [5.41, 5.74) is 4.17. The van der Waals surface area contributed by atoms with Crippen molar-refractivity contribution in [2.24, 2.45) is 16.6 Å². The molecule has 5 nitrogen and oxygen atoms in total. The number of benzene rings is 1. The van der Waals surface area contributed by atoms with Crippen LogP contribution in [0.1, 0.15) is 30.4 Å². The van der Waals surface area contributed by atoms with Crippen LogP contribution in [0.4, 0.5) is 17.6 Å². The number of halogens is 5. The first-order chi connectivity index (χ1) is 12.2. The van der Waals surface area contributed by atoms with Crippen LogP contribution in [0.3, 0.4) is 0 Å². The van der Waals surface area contributed by atoms with Gasteiger partial charge in [-0.1, -0.05) is 6.07 Å². The van der Waals surface area contributed by atoms with Crippen LogP contribution in [0, 0.1) is 11.7 Å². The lowest BCUT2D eigenvalue weighted by Crippen LogP contribution is -2.47. The van der Waals surface area contributed by atoms with Crippen molar-refractivity contribution in [1.82, 2.24) is 10.2 Å². The number of nitrogens with one attached hydrogen (secondary N) is 1. The standard InChI is InChI=1S/C17H22F4N4O.HI/c1-23-16(25-6-2-3-11(10-25)7-15(22)26)24-9-12-4-5-13(18)8-14(12)17(19,20)21;/h4-5,8,11H,2-3,6-7,9-10H2,1H3,(H2,22,26)(H,23,24);1H. The van der Waals surface area contributed by atoms with Crippen LogP contribution in [0.5, 0.6) is 0 Å². The van der Waals surface area contributed by atoms with Gasteiger partial charge in [0, 0.05) is 33.1 Å². The second kappa shape index (κ2) is 10.1. The molecule has 0 bridgehead atoms. The highest BCUT2D eigenvalue weighted by molar-refractivity contribution is 14.0. The number of guanidine groups is 1. The van der Waals surface area contributed by atoms with Gasteiger partial charge in [0.05, 0.1) is 5.56 Å². The highest BCUT2D eigenvalue weighted by Crippen LogP contribution is 2.32. The van der Waals surface area contributed by atoms with E-state index in [2.05, 4.69) is 10.3 Å². The lowest BCUT2D eigenvalue weighted by atomic mass is 9.95. The Morgan fingerprint density at radius 3 is 2.70 bits per heavy atom. The molecule has 10 heteroatoms. The maximum absolute atomic E-state index is 13.2. The summed E-state index contributed by atoms with van der Waals surface area (Å²) in [6.07, 6.45) is -2.67. The lowest BCUT2D eigenvalue weighted by molar-refractivity contribution is -0.138. The largest absolute Gasteiger partial charge is 0.416 e. The van der Waals surface area contributed by atoms with Gasteiger partial charge in [-0.25, -0.2) is 4.39 Å². The van der Waals surface area contributed by atoms with Gasteiger partial charge in [-0.2, -0.15) is 13.2 Å². The van der Waals surface area contributed by atoms with Crippen molar-refractivity contribution >= 4 is 35.8 Å². The number of likely N-dealkylation sites (tertiary alicyclic amines) is 1. The minimum absolute atomic E-state index is 0. The molecule has 0 radical (unpaired) electrons. The summed E-state index contributed by atoms with van der Waals surface area (Å²) in [7, 11) is 1.54. The van der Waals surface area contributed by atoms with Gasteiger partial charge in [0.15, 0.2) is 5.96 Å². The molecule has 0 spiro atoms. The number of nitrogens with two attached hydrogens (primary N) is 1. The molecule has 0 aliphatic carbocycles. The summed E-state index contributed by atoms with van der Waals surface area (Å²) < 4.78 is 52.4. The van der Waals surface area contributed by atoms with Gasteiger partial charge in [0.2, 0.25) is 5.91 Å². The third kappa shape index (κ3) is 6.82. The Labute approximate surface area is 172 Å². The number of rotatable bonds is 4. The first-order valence-electron chi connectivity index (χ1n) is 8.30. The molecule has 0 aromatic heterocycles. The second-order valence-electron chi connectivity index (χ2n) is 6.32. The number of hydrogen-bond acceptors (Lipinski definition) is 2. The third-order valence-corrected chi connectivity index (χ3v) is 4.33. The van der Waals surface area contributed by atoms with E-state index in [-0.39, 0.29) is 54.3 Å². The summed E-state index contributed by atoms with van der Waals surface area (Å²) in [4.78, 5) is 17.1. The summed E-state index contributed by atoms with van der Waals surface area (Å²) in [5, 5.41) is 2.90. The number of hydrogen-bond donors (Lipinski definition) is 2. The molecule has 1 unspecified atom stereocenters. The molecule has 2 rings (SSSR count). The molecule has 1 atom stereocenters. The molecule has 3 N–H and O–H groups in total. The monoisotopic (exact) mass is 502 g/mol. The van der Waals surface area contributed by atoms with Crippen LogP contribution in [-0.2, 0) is 17.5 Å². The fourth-order valence-electron chi connectivity index (χ4n) is 3.18. The number of alkyl halides is 3. The van der Waals surface area contributed by atoms with Gasteiger partial charge >= 0.3 is 6.18 Å². The van der Waals surface area contributed by atoms with Gasteiger partial charge in [-0.05, 0) is 36.5 Å². The second-order valence-corrected chi connectivity index (χ2v) is 6.32. The third-order valence-electron chi connectivity index (χ3n) is 4.33. The molecule has 1 fully saturated rings. The van der Waals surface area contributed by atoms with E-state index < -0.39 is 17.6 Å². The van der Waals surface area contributed by atoms with E-state index in [0.717, 1.165) is 25.0 Å². The Kier molecular flexibility index (Phi) is 8.76. The van der Waals surface area contributed by atoms with E-state index >= 15 is 0 Å². The van der Waals surface area contributed by atoms with Gasteiger partial charge in [0.1, 0.15) is 5.82 Å². The van der Waals surface area contributed by atoms with Crippen LogP contribution in [0.15, 0.2) is 23.2 Å². The first kappa shape index (κ1) is 23.4. The summed E-state index contributed by atoms with van der Waals surface area (Å²) in [5.74, 6) is -0.773. The first-order valence-corrected chi connectivity index (χ1v) is 8.30. The molecule has 1 amide bonds. The Morgan fingerprint density at radius 1 is 1.41 bits per heavy atom. The number of carbonyl (C=O) groups is 1. The molecular weight excluding hydrogens is 479 g/mol. The fourth-order valence-corrected chi connectivity index (χ4v) is 3.18. The van der Waals surface area contributed by atoms with Crippen molar-refractivity contribution < 1.29 is 22.4 Å². The zero-order valence-corrected chi connectivity index (χ0v) is 17.2. The Hall–Kier alpha value is -1.59. The zero-order chi connectivity index (χ0) is 19.3. The molecule has 1 aliphatic heterocycles. The highest BCUT2D eigenvalue weighted by atomic mass is 127. The topological polar surface area (TPSA) is 70.7 Å². The van der Waals surface area contributed by atoms with Crippen molar-refractivity contribution in [3.05, 3.63) is 35.1 Å². The summed E-state index contributed by atoms with van der Waals surface area (Å²) in [6.45, 7) is 1.10. The molecule has 1 heterocycles. The number of piperidine rings is 1. The Balaban J connectivity index is 0.00000364. The van der Waals surface area contributed by atoms with E-state index in [4.69, 9.17) is 5.73 Å². The smallest absolute Gasteiger partial charge is 0.370 e. The fraction of sp³-hybridized carbons (Fsp3) is 0.529. The van der Waals surface area contributed by atoms with Crippen LogP contribution < -0.4 is 11.1 Å². The van der Waals surface area contributed by atoms with Crippen molar-refractivity contribution in [3.8, 4) is 0 Å². The number of nitrogens with zero attached hydrogens (tertiary/aromatic N) is 2. The zero-order valence-electron chi connectivity index (χ0n) is 14.9. The number of aliphatic imine (C=N–C) groups is 1. The molecular formula is C17H23F4IN4O. The molecule has 1 aliphatic rings. The summed E-state index contributed by atoms with van der Waals surface area (Å²) in [6, 6.07) is 2.60. The molecule has 152 valence electrons. The Morgan fingerprint density at radius 2 is 2.11 bits per heavy atom. The van der Waals surface area contributed by atoms with Gasteiger partial charge in [0.25, 0.3) is 0 Å². The molecule has 1 aromatic rings. The minimum Gasteiger partial charge on any atom is -0.370 e. The summed E-state index contributed by atoms with van der Waals surface area (Å²) >= 11 is 0. The molecule has 27 heavy (non-hydrogen) atoms. The predicted molar refractivity (Wildman–Crippen MR) is 105 cm³/mol. The lowest BCUT2D eigenvalue weighted by Gasteiger charge is -2.34. The van der Waals surface area contributed by atoms with Crippen LogP contribution in [0.2, 0.25) is 0 Å². The molecule has 0 saturated carbocycles. The minimum atomic E-state index is -4.64. The van der Waals surface area contributed by atoms with Crippen molar-refractivity contribution in [2.45, 2.75) is 32.0 Å². The maximum Gasteiger partial charge on any atom is 0.416 e.